The van der Waals surface area contributed by atoms with E-state index >= 15 is 0 Å². The number of fused-ring (bicyclic) bond motifs is 5. The minimum Gasteiger partial charge on any atom is -0.454 e. The van der Waals surface area contributed by atoms with E-state index in [1.54, 1.807) is 11.9 Å². The molecule has 0 radical (unpaired) electrons. The molecule has 31 heavy (non-hydrogen) atoms. The fraction of sp³-hybridized carbons (Fsp3) is 0.273. The number of likely N-dealkylation sites (N-methyl/N-ethyl adjacent to an activating group) is 1. The zero-order chi connectivity index (χ0) is 21.7. The molecule has 160 valence electrons. The maximum absolute atomic E-state index is 13.1. The lowest BCUT2D eigenvalue weighted by molar-refractivity contribution is -0.157. The molecule has 1 N–H and O–H groups in total. The number of ether oxygens (including phenoxy) is 2. The Labute approximate surface area is 202 Å². The Morgan fingerprint density at radius 1 is 1.06 bits per heavy atom. The Hall–Kier alpha value is -2.02. The van der Waals surface area contributed by atoms with Crippen molar-refractivity contribution in [1.82, 2.24) is 14.8 Å². The first-order valence-electron chi connectivity index (χ1n) is 9.81. The molecule has 3 aliphatic heterocycles. The van der Waals surface area contributed by atoms with E-state index < -0.39 is 6.04 Å². The second kappa shape index (κ2) is 8.15. The van der Waals surface area contributed by atoms with Gasteiger partial charge in [-0.1, -0.05) is 24.3 Å². The summed E-state index contributed by atoms with van der Waals surface area (Å²) in [5.74, 6) is 1.28. The van der Waals surface area contributed by atoms with Crippen molar-refractivity contribution in [2.45, 2.75) is 18.5 Å². The standard InChI is InChI=1S/C22H19N3O4.I2/c1-24-10-19(26)25-16(22(24)27)9-14-13-4-2-3-5-15(13)23-20(14)21(25)12-6-7-17-18(8-12)29-11-28-17;1-2/h2-8,16,21,23H,9-11H2,1H3;/t16-,21-;/m1./s1. The third-order valence-corrected chi connectivity index (χ3v) is 6.17. The average Bonchev–Trinajstić information content (AvgIpc) is 3.41. The first-order chi connectivity index (χ1) is 15.1. The molecule has 1 saturated heterocycles. The summed E-state index contributed by atoms with van der Waals surface area (Å²) in [7, 11) is 1.69. The second-order valence-electron chi connectivity index (χ2n) is 7.79. The van der Waals surface area contributed by atoms with Crippen LogP contribution in [0.4, 0.5) is 0 Å². The van der Waals surface area contributed by atoms with Crippen LogP contribution in [0.2, 0.25) is 0 Å². The van der Waals surface area contributed by atoms with Crippen molar-refractivity contribution in [3.63, 3.8) is 0 Å². The lowest BCUT2D eigenvalue weighted by Gasteiger charge is -2.46. The number of piperazine rings is 1. The molecule has 1 aromatic heterocycles. The van der Waals surface area contributed by atoms with Gasteiger partial charge in [-0.05, 0) is 29.3 Å². The van der Waals surface area contributed by atoms with Crippen LogP contribution in [0.1, 0.15) is 22.9 Å². The van der Waals surface area contributed by atoms with E-state index in [4.69, 9.17) is 9.47 Å². The maximum Gasteiger partial charge on any atom is 0.245 e. The topological polar surface area (TPSA) is 74.9 Å². The predicted molar refractivity (Wildman–Crippen MR) is 133 cm³/mol. The molecule has 0 unspecified atom stereocenters. The van der Waals surface area contributed by atoms with Crippen molar-refractivity contribution in [2.24, 2.45) is 0 Å². The van der Waals surface area contributed by atoms with Gasteiger partial charge in [0.25, 0.3) is 0 Å². The Kier molecular flexibility index (Phi) is 5.49. The molecule has 3 aromatic rings. The molecular formula is C22H19I2N3O4. The Bertz CT molecular complexity index is 1190. The van der Waals surface area contributed by atoms with Gasteiger partial charge in [0.05, 0.1) is 12.6 Å². The number of hydrogen-bond donors (Lipinski definition) is 1. The quantitative estimate of drug-likeness (QED) is 0.408. The largest absolute Gasteiger partial charge is 0.454 e. The van der Waals surface area contributed by atoms with E-state index in [9.17, 15) is 9.59 Å². The van der Waals surface area contributed by atoms with Gasteiger partial charge in [0.2, 0.25) is 18.6 Å². The highest BCUT2D eigenvalue weighted by Gasteiger charge is 2.47. The minimum absolute atomic E-state index is 0.0220. The van der Waals surface area contributed by atoms with Gasteiger partial charge < -0.3 is 24.3 Å². The first kappa shape index (κ1) is 20.9. The van der Waals surface area contributed by atoms with E-state index in [0.717, 1.165) is 27.7 Å². The predicted octanol–water partition coefficient (Wildman–Crippen LogP) is 3.98. The second-order valence-corrected chi connectivity index (χ2v) is 7.79. The number of carbonyl (C=O) groups excluding carboxylic acids is 2. The number of benzene rings is 2. The normalized spacial score (nSPS) is 21.5. The van der Waals surface area contributed by atoms with Crippen LogP contribution in [0, 0.1) is 0 Å². The lowest BCUT2D eigenvalue weighted by Crippen LogP contribution is -2.62. The van der Waals surface area contributed by atoms with Gasteiger partial charge in [0.1, 0.15) is 6.04 Å². The molecule has 0 spiro atoms. The van der Waals surface area contributed by atoms with Gasteiger partial charge in [-0.2, -0.15) is 0 Å². The number of carbonyl (C=O) groups is 2. The van der Waals surface area contributed by atoms with Crippen LogP contribution in [0.5, 0.6) is 11.5 Å². The van der Waals surface area contributed by atoms with Crippen LogP contribution in [0.3, 0.4) is 0 Å². The summed E-state index contributed by atoms with van der Waals surface area (Å²) < 4.78 is 11.0. The van der Waals surface area contributed by atoms with Gasteiger partial charge in [-0.3, -0.25) is 9.59 Å². The number of amides is 2. The Morgan fingerprint density at radius 2 is 1.84 bits per heavy atom. The average molecular weight is 643 g/mol. The minimum atomic E-state index is -0.511. The molecule has 0 saturated carbocycles. The maximum atomic E-state index is 13.1. The van der Waals surface area contributed by atoms with Crippen molar-refractivity contribution in [3.05, 3.63) is 59.3 Å². The number of rotatable bonds is 1. The van der Waals surface area contributed by atoms with Crippen molar-refractivity contribution >= 4 is 59.9 Å². The third-order valence-electron chi connectivity index (χ3n) is 6.17. The Morgan fingerprint density at radius 3 is 2.68 bits per heavy atom. The smallest absolute Gasteiger partial charge is 0.245 e. The molecule has 7 nitrogen and oxygen atoms in total. The fourth-order valence-electron chi connectivity index (χ4n) is 4.84. The van der Waals surface area contributed by atoms with Crippen molar-refractivity contribution in [3.8, 4) is 11.5 Å². The van der Waals surface area contributed by atoms with Gasteiger partial charge in [0.15, 0.2) is 11.5 Å². The van der Waals surface area contributed by atoms with E-state index in [1.807, 2.05) is 36.4 Å². The van der Waals surface area contributed by atoms with Gasteiger partial charge in [-0.25, -0.2) is 0 Å². The first-order valence-corrected chi connectivity index (χ1v) is 16.1. The summed E-state index contributed by atoms with van der Waals surface area (Å²) in [4.78, 5) is 32.9. The van der Waals surface area contributed by atoms with Crippen LogP contribution in [0.25, 0.3) is 10.9 Å². The lowest BCUT2D eigenvalue weighted by atomic mass is 9.86. The highest BCUT2D eigenvalue weighted by Crippen LogP contribution is 2.44. The van der Waals surface area contributed by atoms with Crippen LogP contribution in [-0.4, -0.2) is 53.0 Å². The molecule has 1 fully saturated rings. The summed E-state index contributed by atoms with van der Waals surface area (Å²) in [5.41, 5.74) is 3.97. The van der Waals surface area contributed by atoms with Crippen LogP contribution >= 0.6 is 37.2 Å². The number of nitrogens with one attached hydrogen (secondary N) is 1. The molecule has 4 heterocycles. The summed E-state index contributed by atoms with van der Waals surface area (Å²) in [6, 6.07) is 12.9. The van der Waals surface area contributed by atoms with E-state index in [-0.39, 0.29) is 31.2 Å². The molecule has 2 atom stereocenters. The van der Waals surface area contributed by atoms with Crippen LogP contribution in [-0.2, 0) is 16.0 Å². The van der Waals surface area contributed by atoms with E-state index in [0.29, 0.717) is 17.9 Å². The SMILES string of the molecule is CN1CC(=O)N2[C@H](c3ccc4c(c3)OCO4)c3[nH]c4ccccc4c3C[C@@H]2C1=O.II. The molecule has 0 bridgehead atoms. The number of nitrogens with zero attached hydrogens (tertiary/aromatic N) is 2. The van der Waals surface area contributed by atoms with Crippen molar-refractivity contribution in [2.75, 3.05) is 20.4 Å². The van der Waals surface area contributed by atoms with Crippen molar-refractivity contribution in [1.29, 1.82) is 0 Å². The highest BCUT2D eigenvalue weighted by molar-refractivity contribution is 15.0. The zero-order valence-corrected chi connectivity index (χ0v) is 20.9. The monoisotopic (exact) mass is 643 g/mol. The third kappa shape index (κ3) is 3.27. The van der Waals surface area contributed by atoms with Crippen LogP contribution < -0.4 is 9.47 Å². The highest BCUT2D eigenvalue weighted by atomic mass is 128. The summed E-state index contributed by atoms with van der Waals surface area (Å²) in [5, 5.41) is 1.10. The molecule has 3 aliphatic rings. The van der Waals surface area contributed by atoms with E-state index in [1.165, 1.54) is 4.90 Å². The molecular weight excluding hydrogens is 624 g/mol. The van der Waals surface area contributed by atoms with Gasteiger partial charge in [0, 0.05) is 67.3 Å². The molecule has 2 aromatic carbocycles. The molecule has 6 rings (SSSR count). The van der Waals surface area contributed by atoms with Crippen molar-refractivity contribution < 1.29 is 19.1 Å². The number of para-hydroxylation sites is 1. The summed E-state index contributed by atoms with van der Waals surface area (Å²) in [6.45, 7) is 0.279. The van der Waals surface area contributed by atoms with Gasteiger partial charge >= 0.3 is 0 Å². The van der Waals surface area contributed by atoms with E-state index in [2.05, 4.69) is 48.3 Å². The zero-order valence-electron chi connectivity index (χ0n) is 16.6. The number of halogens is 2. The number of hydrogen-bond acceptors (Lipinski definition) is 4. The molecule has 9 heteroatoms. The van der Waals surface area contributed by atoms with Crippen LogP contribution in [0.15, 0.2) is 42.5 Å². The van der Waals surface area contributed by atoms with Gasteiger partial charge in [-0.15, -0.1) is 0 Å². The fourth-order valence-corrected chi connectivity index (χ4v) is 4.84. The number of aromatic nitrogens is 1. The number of H-pyrrole nitrogens is 1. The summed E-state index contributed by atoms with van der Waals surface area (Å²) >= 11 is 4.24. The Balaban J connectivity index is 0.000000994. The molecule has 0 aliphatic carbocycles. The molecule has 2 amide bonds. The summed E-state index contributed by atoms with van der Waals surface area (Å²) in [6.07, 6.45) is 0.509. The number of aromatic amines is 1.